The summed E-state index contributed by atoms with van der Waals surface area (Å²) in [6.45, 7) is 6.98. The second-order valence-electron chi connectivity index (χ2n) is 5.59. The van der Waals surface area contributed by atoms with Crippen LogP contribution in [0, 0.1) is 11.8 Å². The van der Waals surface area contributed by atoms with Gasteiger partial charge in [0.25, 0.3) is 5.91 Å². The molecule has 1 rings (SSSR count). The molecule has 0 aliphatic rings. The van der Waals surface area contributed by atoms with Crippen LogP contribution in [0.3, 0.4) is 0 Å². The molecule has 0 bridgehead atoms. The molecule has 1 atom stereocenters. The van der Waals surface area contributed by atoms with Crippen molar-refractivity contribution in [3.05, 3.63) is 30.1 Å². The quantitative estimate of drug-likeness (QED) is 0.724. The van der Waals surface area contributed by atoms with Gasteiger partial charge in [-0.15, -0.1) is 0 Å². The van der Waals surface area contributed by atoms with E-state index in [-0.39, 0.29) is 17.8 Å². The molecule has 0 aliphatic heterocycles. The van der Waals surface area contributed by atoms with E-state index in [2.05, 4.69) is 18.8 Å². The Morgan fingerprint density at radius 2 is 1.86 bits per heavy atom. The molecular weight excluding hydrogens is 268 g/mol. The number of pyridine rings is 1. The molecule has 1 heterocycles. The smallest absolute Gasteiger partial charge is 0.310 e. The number of rotatable bonds is 7. The molecule has 0 saturated heterocycles. The van der Waals surface area contributed by atoms with Crippen molar-refractivity contribution in [2.24, 2.45) is 11.8 Å². The van der Waals surface area contributed by atoms with Gasteiger partial charge >= 0.3 is 5.97 Å². The molecule has 0 N–H and O–H groups in total. The highest BCUT2D eigenvalue weighted by Gasteiger charge is 2.22. The van der Waals surface area contributed by atoms with E-state index in [1.54, 1.807) is 36.4 Å². The number of methoxy groups -OCH3 is 1. The van der Waals surface area contributed by atoms with Gasteiger partial charge in [-0.25, -0.2) is 0 Å². The fourth-order valence-corrected chi connectivity index (χ4v) is 1.97. The third-order valence-corrected chi connectivity index (χ3v) is 3.29. The summed E-state index contributed by atoms with van der Waals surface area (Å²) >= 11 is 0. The van der Waals surface area contributed by atoms with Crippen molar-refractivity contribution >= 4 is 11.9 Å². The number of amides is 1. The zero-order valence-corrected chi connectivity index (χ0v) is 13.2. The molecule has 1 aromatic heterocycles. The summed E-state index contributed by atoms with van der Waals surface area (Å²) < 4.78 is 4.74. The Balaban J connectivity index is 2.81. The Bertz CT molecular complexity index is 460. The monoisotopic (exact) mass is 292 g/mol. The average molecular weight is 292 g/mol. The number of ether oxygens (including phenoxy) is 1. The Morgan fingerprint density at radius 1 is 1.24 bits per heavy atom. The minimum Gasteiger partial charge on any atom is -0.469 e. The first-order valence-electron chi connectivity index (χ1n) is 7.22. The summed E-state index contributed by atoms with van der Waals surface area (Å²) in [5.74, 6) is -0.222. The summed E-state index contributed by atoms with van der Waals surface area (Å²) in [7, 11) is 1.36. The standard InChI is InChI=1S/C16H24N2O3/c1-12(2)7-10-18(11-13(3)16(20)21-4)15(19)14-5-8-17-9-6-14/h5-6,8-9,12-13H,7,10-11H2,1-4H3. The van der Waals surface area contributed by atoms with Crippen molar-refractivity contribution in [1.29, 1.82) is 0 Å². The first-order valence-corrected chi connectivity index (χ1v) is 7.22. The number of aromatic nitrogens is 1. The van der Waals surface area contributed by atoms with E-state index in [0.29, 0.717) is 24.6 Å². The van der Waals surface area contributed by atoms with E-state index in [1.165, 1.54) is 7.11 Å². The summed E-state index contributed by atoms with van der Waals surface area (Å²) in [6, 6.07) is 3.38. The fourth-order valence-electron chi connectivity index (χ4n) is 1.97. The normalized spacial score (nSPS) is 12.0. The second kappa shape index (κ2) is 8.39. The van der Waals surface area contributed by atoms with Crippen molar-refractivity contribution in [1.82, 2.24) is 9.88 Å². The van der Waals surface area contributed by atoms with Crippen LogP contribution in [0.25, 0.3) is 0 Å². The van der Waals surface area contributed by atoms with Gasteiger partial charge in [-0.05, 0) is 24.5 Å². The molecule has 0 aromatic carbocycles. The van der Waals surface area contributed by atoms with Gasteiger partial charge in [-0.2, -0.15) is 0 Å². The largest absolute Gasteiger partial charge is 0.469 e. The highest BCUT2D eigenvalue weighted by Crippen LogP contribution is 2.11. The van der Waals surface area contributed by atoms with Crippen LogP contribution in [0.2, 0.25) is 0 Å². The maximum Gasteiger partial charge on any atom is 0.310 e. The van der Waals surface area contributed by atoms with Gasteiger partial charge in [0.1, 0.15) is 0 Å². The first-order chi connectivity index (χ1) is 9.95. The average Bonchev–Trinajstić information content (AvgIpc) is 2.50. The van der Waals surface area contributed by atoms with E-state index in [4.69, 9.17) is 4.74 Å². The molecule has 21 heavy (non-hydrogen) atoms. The molecule has 0 spiro atoms. The summed E-state index contributed by atoms with van der Waals surface area (Å²) in [4.78, 5) is 29.8. The molecular formula is C16H24N2O3. The van der Waals surface area contributed by atoms with Gasteiger partial charge < -0.3 is 9.64 Å². The zero-order valence-electron chi connectivity index (χ0n) is 13.2. The number of hydrogen-bond donors (Lipinski definition) is 0. The molecule has 0 radical (unpaired) electrons. The van der Waals surface area contributed by atoms with E-state index in [1.807, 2.05) is 0 Å². The maximum absolute atomic E-state index is 12.5. The van der Waals surface area contributed by atoms with Crippen LogP contribution in [0.1, 0.15) is 37.6 Å². The van der Waals surface area contributed by atoms with Gasteiger partial charge in [0, 0.05) is 31.0 Å². The maximum atomic E-state index is 12.5. The second-order valence-corrected chi connectivity index (χ2v) is 5.59. The molecule has 0 fully saturated rings. The number of carbonyl (C=O) groups is 2. The molecule has 116 valence electrons. The zero-order chi connectivity index (χ0) is 15.8. The van der Waals surface area contributed by atoms with Gasteiger partial charge in [-0.1, -0.05) is 20.8 Å². The van der Waals surface area contributed by atoms with E-state index < -0.39 is 0 Å². The fraction of sp³-hybridized carbons (Fsp3) is 0.562. The van der Waals surface area contributed by atoms with E-state index in [9.17, 15) is 9.59 Å². The Kier molecular flexibility index (Phi) is 6.85. The molecule has 0 saturated carbocycles. The molecule has 1 amide bonds. The highest BCUT2D eigenvalue weighted by atomic mass is 16.5. The molecule has 1 aromatic rings. The summed E-state index contributed by atoms with van der Waals surface area (Å²) in [5.41, 5.74) is 0.589. The van der Waals surface area contributed by atoms with Gasteiger partial charge in [0.05, 0.1) is 13.0 Å². The third-order valence-electron chi connectivity index (χ3n) is 3.29. The SMILES string of the molecule is COC(=O)C(C)CN(CCC(C)C)C(=O)c1ccncc1. The predicted molar refractivity (Wildman–Crippen MR) is 80.8 cm³/mol. The predicted octanol–water partition coefficient (Wildman–Crippen LogP) is 2.38. The van der Waals surface area contributed by atoms with Crippen LogP contribution in [0.4, 0.5) is 0 Å². The van der Waals surface area contributed by atoms with Crippen LogP contribution in [0.15, 0.2) is 24.5 Å². The minimum absolute atomic E-state index is 0.0752. The Hall–Kier alpha value is -1.91. The van der Waals surface area contributed by atoms with Crippen molar-refractivity contribution < 1.29 is 14.3 Å². The number of nitrogens with zero attached hydrogens (tertiary/aromatic N) is 2. The molecule has 1 unspecified atom stereocenters. The van der Waals surface area contributed by atoms with Crippen molar-refractivity contribution in [2.75, 3.05) is 20.2 Å². The first kappa shape index (κ1) is 17.1. The summed E-state index contributed by atoms with van der Waals surface area (Å²) in [6.07, 6.45) is 4.08. The number of esters is 1. The molecule has 5 heteroatoms. The minimum atomic E-state index is -0.340. The van der Waals surface area contributed by atoms with Crippen LogP contribution in [0.5, 0.6) is 0 Å². The lowest BCUT2D eigenvalue weighted by Gasteiger charge is -2.26. The van der Waals surface area contributed by atoms with Crippen LogP contribution in [-0.4, -0.2) is 42.0 Å². The Morgan fingerprint density at radius 3 is 2.38 bits per heavy atom. The van der Waals surface area contributed by atoms with Crippen molar-refractivity contribution in [2.45, 2.75) is 27.2 Å². The lowest BCUT2D eigenvalue weighted by Crippen LogP contribution is -2.38. The highest BCUT2D eigenvalue weighted by molar-refractivity contribution is 5.94. The van der Waals surface area contributed by atoms with Crippen LogP contribution < -0.4 is 0 Å². The van der Waals surface area contributed by atoms with Crippen LogP contribution in [-0.2, 0) is 9.53 Å². The van der Waals surface area contributed by atoms with Gasteiger partial charge in [0.15, 0.2) is 0 Å². The van der Waals surface area contributed by atoms with E-state index in [0.717, 1.165) is 6.42 Å². The van der Waals surface area contributed by atoms with E-state index >= 15 is 0 Å². The number of hydrogen-bond acceptors (Lipinski definition) is 4. The molecule has 0 aliphatic carbocycles. The van der Waals surface area contributed by atoms with Gasteiger partial charge in [0.2, 0.25) is 0 Å². The topological polar surface area (TPSA) is 59.5 Å². The van der Waals surface area contributed by atoms with Crippen molar-refractivity contribution in [3.8, 4) is 0 Å². The lowest BCUT2D eigenvalue weighted by atomic mass is 10.1. The van der Waals surface area contributed by atoms with Crippen LogP contribution >= 0.6 is 0 Å². The van der Waals surface area contributed by atoms with Gasteiger partial charge in [-0.3, -0.25) is 14.6 Å². The Labute approximate surface area is 126 Å². The third kappa shape index (κ3) is 5.53. The van der Waals surface area contributed by atoms with Crippen molar-refractivity contribution in [3.63, 3.8) is 0 Å². The lowest BCUT2D eigenvalue weighted by molar-refractivity contribution is -0.145. The summed E-state index contributed by atoms with van der Waals surface area (Å²) in [5, 5.41) is 0. The number of carbonyl (C=O) groups excluding carboxylic acids is 2. The molecule has 5 nitrogen and oxygen atoms in total.